The van der Waals surface area contributed by atoms with Gasteiger partial charge in [0.05, 0.1) is 0 Å². The maximum atomic E-state index is 13.7. The van der Waals surface area contributed by atoms with Crippen molar-refractivity contribution >= 4 is 17.5 Å². The Labute approximate surface area is 212 Å². The molecule has 1 amide bonds. The topological polar surface area (TPSA) is 49.6 Å². The predicted molar refractivity (Wildman–Crippen MR) is 131 cm³/mol. The summed E-state index contributed by atoms with van der Waals surface area (Å²) < 4.78 is 46.3. The number of likely N-dealkylation sites (tertiary alicyclic amines) is 2. The van der Waals surface area contributed by atoms with Crippen LogP contribution in [-0.2, 0) is 6.18 Å². The summed E-state index contributed by atoms with van der Waals surface area (Å²) in [6.07, 6.45) is -3.90. The molecule has 3 atom stereocenters. The highest BCUT2D eigenvalue weighted by atomic mass is 35.5. The molecule has 2 saturated heterocycles. The van der Waals surface area contributed by atoms with Gasteiger partial charge in [-0.15, -0.1) is 0 Å². The number of nitrogens with zero attached hydrogens (tertiary/aromatic N) is 3. The average Bonchev–Trinajstić information content (AvgIpc) is 3.55. The van der Waals surface area contributed by atoms with E-state index in [1.807, 2.05) is 19.1 Å². The molecule has 0 saturated carbocycles. The van der Waals surface area contributed by atoms with Crippen molar-refractivity contribution < 1.29 is 22.4 Å². The lowest BCUT2D eigenvalue weighted by Gasteiger charge is -2.29. The van der Waals surface area contributed by atoms with Crippen LogP contribution >= 0.6 is 11.6 Å². The maximum absolute atomic E-state index is 13.7. The molecule has 5 rings (SSSR count). The molecule has 0 spiro atoms. The van der Waals surface area contributed by atoms with Crippen LogP contribution in [0.15, 0.2) is 52.9 Å². The zero-order valence-corrected chi connectivity index (χ0v) is 20.8. The van der Waals surface area contributed by atoms with Gasteiger partial charge >= 0.3 is 6.18 Å². The van der Waals surface area contributed by atoms with Crippen LogP contribution in [0.2, 0.25) is 5.02 Å². The number of carbonyl (C=O) groups is 1. The van der Waals surface area contributed by atoms with Crippen LogP contribution in [0, 0.1) is 18.8 Å². The Morgan fingerprint density at radius 3 is 2.36 bits per heavy atom. The summed E-state index contributed by atoms with van der Waals surface area (Å²) in [5, 5.41) is 0.741. The van der Waals surface area contributed by atoms with Crippen molar-refractivity contribution in [1.82, 2.24) is 14.8 Å². The Balaban J connectivity index is 1.32. The molecule has 2 aromatic carbocycles. The first-order chi connectivity index (χ1) is 17.2. The monoisotopic (exact) mass is 517 g/mol. The summed E-state index contributed by atoms with van der Waals surface area (Å²) in [6, 6.07) is 14.6. The third kappa shape index (κ3) is 4.64. The van der Waals surface area contributed by atoms with Gasteiger partial charge in [-0.25, -0.2) is 4.98 Å². The van der Waals surface area contributed by atoms with E-state index in [1.165, 1.54) is 4.90 Å². The highest BCUT2D eigenvalue weighted by Crippen LogP contribution is 2.40. The van der Waals surface area contributed by atoms with Crippen molar-refractivity contribution in [3.05, 3.63) is 76.1 Å². The van der Waals surface area contributed by atoms with Crippen molar-refractivity contribution in [2.24, 2.45) is 11.8 Å². The molecule has 2 aliphatic heterocycles. The first kappa shape index (κ1) is 24.8. The van der Waals surface area contributed by atoms with E-state index in [9.17, 15) is 18.0 Å². The van der Waals surface area contributed by atoms with Crippen molar-refractivity contribution in [3.63, 3.8) is 0 Å². The van der Waals surface area contributed by atoms with Gasteiger partial charge in [0, 0.05) is 42.8 Å². The number of oxazole rings is 1. The molecule has 190 valence electrons. The van der Waals surface area contributed by atoms with Crippen LogP contribution in [0.25, 0.3) is 11.5 Å². The number of carbonyl (C=O) groups excluding carboxylic acids is 1. The summed E-state index contributed by atoms with van der Waals surface area (Å²) in [5.41, 5.74) is 1.91. The maximum Gasteiger partial charge on any atom is 0.452 e. The molecule has 2 fully saturated rings. The minimum absolute atomic E-state index is 0.193. The predicted octanol–water partition coefficient (Wildman–Crippen LogP) is 6.48. The highest BCUT2D eigenvalue weighted by molar-refractivity contribution is 6.31. The van der Waals surface area contributed by atoms with E-state index < -0.39 is 23.5 Å². The largest absolute Gasteiger partial charge is 0.452 e. The summed E-state index contributed by atoms with van der Waals surface area (Å²) in [4.78, 5) is 21.1. The number of rotatable bonds is 5. The standard InChI is InChI=1S/C27H27ClF3N3O2/c1-3-22(18-10-9-16(2)21(28)11-18)33-12-19-14-34(15-20(19)13-33)26(35)23-24(27(29,30)31)36-25(32-23)17-7-5-4-6-8-17/h4-11,19-20,22H,3,12-15H2,1-2H3. The Morgan fingerprint density at radius 2 is 1.78 bits per heavy atom. The van der Waals surface area contributed by atoms with Gasteiger partial charge in [-0.05, 0) is 54.5 Å². The minimum atomic E-state index is -4.82. The summed E-state index contributed by atoms with van der Waals surface area (Å²) in [7, 11) is 0. The number of fused-ring (bicyclic) bond motifs is 1. The Kier molecular flexibility index (Phi) is 6.59. The average molecular weight is 518 g/mol. The van der Waals surface area contributed by atoms with Crippen LogP contribution in [0.1, 0.15) is 46.8 Å². The SMILES string of the molecule is CCC(c1ccc(C)c(Cl)c1)N1CC2CN(C(=O)c3nc(-c4ccccc4)oc3C(F)(F)F)CC2C1. The zero-order valence-electron chi connectivity index (χ0n) is 20.1. The second-order valence-electron chi connectivity index (χ2n) is 9.68. The Hall–Kier alpha value is -2.84. The van der Waals surface area contributed by atoms with Gasteiger partial charge in [0.2, 0.25) is 11.7 Å². The normalized spacial score (nSPS) is 21.1. The van der Waals surface area contributed by atoms with Crippen LogP contribution in [0.4, 0.5) is 13.2 Å². The second kappa shape index (κ2) is 9.56. The quantitative estimate of drug-likeness (QED) is 0.389. The molecule has 3 aromatic rings. The number of aromatic nitrogens is 1. The molecular formula is C27H27ClF3N3O2. The van der Waals surface area contributed by atoms with Crippen LogP contribution in [0.3, 0.4) is 0 Å². The number of aryl methyl sites for hydroxylation is 1. The van der Waals surface area contributed by atoms with Crippen LogP contribution < -0.4 is 0 Å². The lowest BCUT2D eigenvalue weighted by Crippen LogP contribution is -2.35. The fraction of sp³-hybridized carbons (Fsp3) is 0.407. The van der Waals surface area contributed by atoms with Gasteiger partial charge in [-0.2, -0.15) is 13.2 Å². The van der Waals surface area contributed by atoms with Crippen molar-refractivity contribution in [2.75, 3.05) is 26.2 Å². The molecule has 2 aliphatic rings. The third-order valence-corrected chi connectivity index (χ3v) is 7.72. The molecular weight excluding hydrogens is 491 g/mol. The van der Waals surface area contributed by atoms with E-state index in [2.05, 4.69) is 22.9 Å². The van der Waals surface area contributed by atoms with Crippen molar-refractivity contribution in [3.8, 4) is 11.5 Å². The van der Waals surface area contributed by atoms with E-state index in [-0.39, 0.29) is 23.8 Å². The van der Waals surface area contributed by atoms with Crippen LogP contribution in [-0.4, -0.2) is 46.9 Å². The van der Waals surface area contributed by atoms with E-state index in [0.29, 0.717) is 18.7 Å². The third-order valence-electron chi connectivity index (χ3n) is 7.32. The van der Waals surface area contributed by atoms with Crippen LogP contribution in [0.5, 0.6) is 0 Å². The number of hydrogen-bond donors (Lipinski definition) is 0. The Morgan fingerprint density at radius 1 is 1.11 bits per heavy atom. The number of halogens is 4. The van der Waals surface area contributed by atoms with Gasteiger partial charge in [-0.1, -0.05) is 48.9 Å². The zero-order chi connectivity index (χ0) is 25.6. The lowest BCUT2D eigenvalue weighted by molar-refractivity contribution is -0.153. The minimum Gasteiger partial charge on any atom is -0.431 e. The second-order valence-corrected chi connectivity index (χ2v) is 10.1. The van der Waals surface area contributed by atoms with E-state index in [0.717, 1.165) is 35.7 Å². The fourth-order valence-electron chi connectivity index (χ4n) is 5.48. The van der Waals surface area contributed by atoms with Crippen molar-refractivity contribution in [1.29, 1.82) is 0 Å². The van der Waals surface area contributed by atoms with Gasteiger partial charge in [-0.3, -0.25) is 9.69 Å². The van der Waals surface area contributed by atoms with E-state index in [4.69, 9.17) is 16.0 Å². The molecule has 0 aliphatic carbocycles. The Bertz CT molecular complexity index is 1250. The summed E-state index contributed by atoms with van der Waals surface area (Å²) >= 11 is 6.36. The van der Waals surface area contributed by atoms with Crippen molar-refractivity contribution in [2.45, 2.75) is 32.5 Å². The number of alkyl halides is 3. The molecule has 36 heavy (non-hydrogen) atoms. The molecule has 9 heteroatoms. The lowest BCUT2D eigenvalue weighted by atomic mass is 10.0. The van der Waals surface area contributed by atoms with Gasteiger partial charge in [0.25, 0.3) is 5.91 Å². The van der Waals surface area contributed by atoms with E-state index >= 15 is 0 Å². The summed E-state index contributed by atoms with van der Waals surface area (Å²) in [6.45, 7) is 6.46. The molecule has 3 heterocycles. The first-order valence-corrected chi connectivity index (χ1v) is 12.5. The smallest absolute Gasteiger partial charge is 0.431 e. The number of amides is 1. The molecule has 0 bridgehead atoms. The molecule has 1 aromatic heterocycles. The fourth-order valence-corrected chi connectivity index (χ4v) is 5.67. The van der Waals surface area contributed by atoms with E-state index in [1.54, 1.807) is 30.3 Å². The number of hydrogen-bond acceptors (Lipinski definition) is 4. The highest BCUT2D eigenvalue weighted by Gasteiger charge is 2.47. The molecule has 5 nitrogen and oxygen atoms in total. The molecule has 3 unspecified atom stereocenters. The van der Waals surface area contributed by atoms with Gasteiger partial charge < -0.3 is 9.32 Å². The molecule has 0 N–H and O–H groups in total. The first-order valence-electron chi connectivity index (χ1n) is 12.1. The van der Waals surface area contributed by atoms with Gasteiger partial charge in [0.1, 0.15) is 0 Å². The number of benzene rings is 2. The summed E-state index contributed by atoms with van der Waals surface area (Å²) in [5.74, 6) is -1.89. The molecule has 0 radical (unpaired) electrons. The van der Waals surface area contributed by atoms with Gasteiger partial charge in [0.15, 0.2) is 5.69 Å².